The lowest BCUT2D eigenvalue weighted by molar-refractivity contribution is 1.18. The molecule has 0 amide bonds. The van der Waals surface area contributed by atoms with Gasteiger partial charge in [0.05, 0.1) is 16.7 Å². The summed E-state index contributed by atoms with van der Waals surface area (Å²) in [4.78, 5) is 2.42. The van der Waals surface area contributed by atoms with Crippen LogP contribution in [-0.4, -0.2) is 4.57 Å². The van der Waals surface area contributed by atoms with E-state index < -0.39 is 0 Å². The van der Waals surface area contributed by atoms with E-state index in [4.69, 9.17) is 0 Å². The van der Waals surface area contributed by atoms with Gasteiger partial charge in [-0.15, -0.1) is 22.7 Å². The number of fused-ring (bicyclic) bond motifs is 9. The zero-order valence-electron chi connectivity index (χ0n) is 31.3. The van der Waals surface area contributed by atoms with E-state index in [1.165, 1.54) is 90.1 Å². The highest BCUT2D eigenvalue weighted by molar-refractivity contribution is 7.26. The van der Waals surface area contributed by atoms with Crippen molar-refractivity contribution in [3.8, 4) is 27.9 Å². The standard InChI is InChI=1S/C54H34N2S2/c1-2-14-40(41-15-3-8-20-48(41)56-49-21-9-4-16-42(49)43-17-5-10-22-50(43)56)39(13-1)35-25-27-36(28-26-35)55(37-30-32-53-47(33-37)45-19-7-12-24-52(45)57-53)38-29-31-46-44-18-6-11-23-51(44)58-54(46)34-38/h1-34H. The number of anilines is 3. The fraction of sp³-hybridized carbons (Fsp3) is 0. The van der Waals surface area contributed by atoms with Crippen molar-refractivity contribution < 1.29 is 0 Å². The summed E-state index contributed by atoms with van der Waals surface area (Å²) in [5.41, 5.74) is 11.8. The van der Waals surface area contributed by atoms with Crippen LogP contribution in [0.25, 0.3) is 90.1 Å². The molecule has 12 rings (SSSR count). The van der Waals surface area contributed by atoms with E-state index in [-0.39, 0.29) is 0 Å². The molecule has 0 N–H and O–H groups in total. The van der Waals surface area contributed by atoms with Gasteiger partial charge in [-0.3, -0.25) is 0 Å². The first-order chi connectivity index (χ1) is 28.8. The number of nitrogens with zero attached hydrogens (tertiary/aromatic N) is 2. The van der Waals surface area contributed by atoms with Gasteiger partial charge in [0.15, 0.2) is 0 Å². The maximum absolute atomic E-state index is 2.43. The highest BCUT2D eigenvalue weighted by atomic mass is 32.1. The van der Waals surface area contributed by atoms with Crippen molar-refractivity contribution in [3.05, 3.63) is 206 Å². The molecule has 0 saturated heterocycles. The molecule has 0 radical (unpaired) electrons. The van der Waals surface area contributed by atoms with Crippen LogP contribution in [0, 0.1) is 0 Å². The second kappa shape index (κ2) is 13.3. The first-order valence-electron chi connectivity index (χ1n) is 19.7. The van der Waals surface area contributed by atoms with E-state index in [1.807, 2.05) is 22.7 Å². The molecular weight excluding hydrogens is 741 g/mol. The Labute approximate surface area is 343 Å². The topological polar surface area (TPSA) is 8.17 Å². The Balaban J connectivity index is 1.00. The Hall–Kier alpha value is -6.98. The number of thiophene rings is 2. The smallest absolute Gasteiger partial charge is 0.0541 e. The van der Waals surface area contributed by atoms with Crippen LogP contribution in [0.15, 0.2) is 206 Å². The predicted molar refractivity (Wildman–Crippen MR) is 252 cm³/mol. The lowest BCUT2D eigenvalue weighted by Gasteiger charge is -2.26. The third kappa shape index (κ3) is 5.23. The van der Waals surface area contributed by atoms with Gasteiger partial charge in [0.2, 0.25) is 0 Å². The molecule has 0 aliphatic carbocycles. The second-order valence-corrected chi connectivity index (χ2v) is 17.0. The predicted octanol–water partition coefficient (Wildman–Crippen LogP) is 16.3. The van der Waals surface area contributed by atoms with Crippen LogP contribution >= 0.6 is 22.7 Å². The van der Waals surface area contributed by atoms with Crippen molar-refractivity contribution in [2.45, 2.75) is 0 Å². The Morgan fingerprint density at radius 1 is 0.310 bits per heavy atom. The molecule has 272 valence electrons. The van der Waals surface area contributed by atoms with Gasteiger partial charge in [0.1, 0.15) is 0 Å². The molecule has 0 spiro atoms. The van der Waals surface area contributed by atoms with Crippen LogP contribution in [0.4, 0.5) is 17.1 Å². The maximum atomic E-state index is 2.43. The molecular formula is C54H34N2S2. The van der Waals surface area contributed by atoms with Crippen molar-refractivity contribution in [2.75, 3.05) is 4.90 Å². The van der Waals surface area contributed by atoms with Crippen LogP contribution in [0.5, 0.6) is 0 Å². The first kappa shape index (κ1) is 33.2. The zero-order chi connectivity index (χ0) is 38.2. The van der Waals surface area contributed by atoms with Gasteiger partial charge >= 0.3 is 0 Å². The summed E-state index contributed by atoms with van der Waals surface area (Å²) in [6.07, 6.45) is 0. The van der Waals surface area contributed by atoms with Crippen molar-refractivity contribution in [1.29, 1.82) is 0 Å². The van der Waals surface area contributed by atoms with Crippen molar-refractivity contribution in [3.63, 3.8) is 0 Å². The van der Waals surface area contributed by atoms with Crippen LogP contribution in [-0.2, 0) is 0 Å². The molecule has 0 fully saturated rings. The van der Waals surface area contributed by atoms with E-state index in [1.54, 1.807) is 0 Å². The summed E-state index contributed by atoms with van der Waals surface area (Å²) in [5, 5.41) is 7.74. The molecule has 2 nitrogen and oxygen atoms in total. The number of hydrogen-bond donors (Lipinski definition) is 0. The molecule has 58 heavy (non-hydrogen) atoms. The monoisotopic (exact) mass is 774 g/mol. The molecule has 0 aliphatic heterocycles. The highest BCUT2D eigenvalue weighted by Gasteiger charge is 2.19. The van der Waals surface area contributed by atoms with Crippen LogP contribution in [0.3, 0.4) is 0 Å². The summed E-state index contributed by atoms with van der Waals surface area (Å²) in [5.74, 6) is 0. The third-order valence-electron chi connectivity index (χ3n) is 11.6. The Kier molecular flexibility index (Phi) is 7.62. The third-order valence-corrected chi connectivity index (χ3v) is 13.9. The minimum atomic E-state index is 1.12. The van der Waals surface area contributed by atoms with E-state index in [9.17, 15) is 0 Å². The SMILES string of the molecule is c1ccc(-c2ccccc2-n2c3ccccc3c3ccccc32)c(-c2ccc(N(c3ccc4c(c3)sc3ccccc34)c3ccc4sc5ccccc5c4c3)cc2)c1. The van der Waals surface area contributed by atoms with Gasteiger partial charge in [-0.2, -0.15) is 0 Å². The van der Waals surface area contributed by atoms with Crippen LogP contribution < -0.4 is 4.90 Å². The average molecular weight is 775 g/mol. The molecule has 3 aromatic heterocycles. The molecule has 0 atom stereocenters. The molecule has 0 bridgehead atoms. The first-order valence-corrected chi connectivity index (χ1v) is 21.3. The molecule has 0 saturated carbocycles. The molecule has 9 aromatic carbocycles. The molecule has 0 unspecified atom stereocenters. The lowest BCUT2D eigenvalue weighted by Crippen LogP contribution is -2.09. The largest absolute Gasteiger partial charge is 0.310 e. The van der Waals surface area contributed by atoms with Gasteiger partial charge in [-0.1, -0.05) is 133 Å². The summed E-state index contributed by atoms with van der Waals surface area (Å²) in [7, 11) is 0. The quantitative estimate of drug-likeness (QED) is 0.163. The normalized spacial score (nSPS) is 11.8. The van der Waals surface area contributed by atoms with Gasteiger partial charge in [-0.25, -0.2) is 0 Å². The van der Waals surface area contributed by atoms with Crippen molar-refractivity contribution in [1.82, 2.24) is 4.57 Å². The van der Waals surface area contributed by atoms with Crippen molar-refractivity contribution >= 4 is 102 Å². The van der Waals surface area contributed by atoms with Crippen molar-refractivity contribution in [2.24, 2.45) is 0 Å². The van der Waals surface area contributed by atoms with Gasteiger partial charge in [0, 0.05) is 73.7 Å². The van der Waals surface area contributed by atoms with Crippen LogP contribution in [0.2, 0.25) is 0 Å². The van der Waals surface area contributed by atoms with Gasteiger partial charge in [0.25, 0.3) is 0 Å². The number of benzene rings is 9. The van der Waals surface area contributed by atoms with Crippen LogP contribution in [0.1, 0.15) is 0 Å². The Bertz CT molecular complexity index is 3480. The minimum Gasteiger partial charge on any atom is -0.310 e. The highest BCUT2D eigenvalue weighted by Crippen LogP contribution is 2.45. The lowest BCUT2D eigenvalue weighted by atomic mass is 9.93. The number of rotatable bonds is 6. The summed E-state index contributed by atoms with van der Waals surface area (Å²) >= 11 is 3.72. The average Bonchev–Trinajstić information content (AvgIpc) is 3.96. The van der Waals surface area contributed by atoms with E-state index in [2.05, 4.69) is 216 Å². The molecule has 4 heteroatoms. The number of hydrogen-bond acceptors (Lipinski definition) is 3. The molecule has 0 aliphatic rings. The Morgan fingerprint density at radius 3 is 1.52 bits per heavy atom. The number of aromatic nitrogens is 1. The summed E-state index contributed by atoms with van der Waals surface area (Å²) in [6.45, 7) is 0. The zero-order valence-corrected chi connectivity index (χ0v) is 33.0. The summed E-state index contributed by atoms with van der Waals surface area (Å²) in [6, 6.07) is 75.7. The fourth-order valence-corrected chi connectivity index (χ4v) is 11.2. The minimum absolute atomic E-state index is 1.12. The van der Waals surface area contributed by atoms with Gasteiger partial charge in [-0.05, 0) is 89.5 Å². The second-order valence-electron chi connectivity index (χ2n) is 14.9. The van der Waals surface area contributed by atoms with E-state index >= 15 is 0 Å². The van der Waals surface area contributed by atoms with E-state index in [0.29, 0.717) is 0 Å². The molecule has 3 heterocycles. The van der Waals surface area contributed by atoms with E-state index in [0.717, 1.165) is 17.1 Å². The Morgan fingerprint density at radius 2 is 0.793 bits per heavy atom. The molecule has 12 aromatic rings. The maximum Gasteiger partial charge on any atom is 0.0541 e. The van der Waals surface area contributed by atoms with Gasteiger partial charge < -0.3 is 9.47 Å². The number of para-hydroxylation sites is 3. The fourth-order valence-electron chi connectivity index (χ4n) is 8.99. The summed E-state index contributed by atoms with van der Waals surface area (Å²) < 4.78 is 7.65.